The summed E-state index contributed by atoms with van der Waals surface area (Å²) in [6.07, 6.45) is 1.52. The van der Waals surface area contributed by atoms with Crippen molar-refractivity contribution in [2.45, 2.75) is 26.3 Å². The summed E-state index contributed by atoms with van der Waals surface area (Å²) in [5, 5.41) is 9.31. The number of carbonyl (C=O) groups is 2. The van der Waals surface area contributed by atoms with E-state index in [2.05, 4.69) is 15.9 Å². The Labute approximate surface area is 119 Å². The van der Waals surface area contributed by atoms with Crippen LogP contribution in [0.3, 0.4) is 0 Å². The molecule has 0 aliphatic carbocycles. The van der Waals surface area contributed by atoms with Gasteiger partial charge in [-0.2, -0.15) is 0 Å². The fourth-order valence-electron chi connectivity index (χ4n) is 2.46. The molecular formula is C13H16BrNO4. The van der Waals surface area contributed by atoms with E-state index in [1.807, 2.05) is 13.8 Å². The van der Waals surface area contributed by atoms with Gasteiger partial charge in [0.05, 0.1) is 16.7 Å². The standard InChI is InChI=1S/C13H16BrNO4/c1-7(2)6-15-10(16)5-8(13(17)18)11(15)12-9(14)3-4-19-12/h3-4,7-8,11H,5-6H2,1-2H3,(H,17,18). The van der Waals surface area contributed by atoms with Gasteiger partial charge in [-0.05, 0) is 27.9 Å². The Morgan fingerprint density at radius 3 is 2.79 bits per heavy atom. The summed E-state index contributed by atoms with van der Waals surface area (Å²) in [6, 6.07) is 1.18. The van der Waals surface area contributed by atoms with Crippen LogP contribution in [0.5, 0.6) is 0 Å². The fraction of sp³-hybridized carbons (Fsp3) is 0.538. The van der Waals surface area contributed by atoms with Gasteiger partial charge in [-0.25, -0.2) is 0 Å². The Hall–Kier alpha value is -1.30. The van der Waals surface area contributed by atoms with E-state index in [0.717, 1.165) is 0 Å². The maximum atomic E-state index is 12.0. The Balaban J connectivity index is 2.39. The molecule has 19 heavy (non-hydrogen) atoms. The number of carbonyl (C=O) groups excluding carboxylic acids is 1. The summed E-state index contributed by atoms with van der Waals surface area (Å²) >= 11 is 3.34. The normalized spacial score (nSPS) is 23.4. The zero-order chi connectivity index (χ0) is 14.2. The van der Waals surface area contributed by atoms with Crippen molar-refractivity contribution in [2.24, 2.45) is 11.8 Å². The molecule has 0 saturated carbocycles. The smallest absolute Gasteiger partial charge is 0.309 e. The maximum Gasteiger partial charge on any atom is 0.309 e. The molecule has 104 valence electrons. The Kier molecular flexibility index (Phi) is 3.99. The van der Waals surface area contributed by atoms with E-state index in [1.165, 1.54) is 6.26 Å². The van der Waals surface area contributed by atoms with Crippen molar-refractivity contribution in [3.05, 3.63) is 22.6 Å². The molecule has 1 fully saturated rings. The first-order valence-electron chi connectivity index (χ1n) is 6.17. The summed E-state index contributed by atoms with van der Waals surface area (Å²) in [7, 11) is 0. The molecule has 0 aromatic carbocycles. The summed E-state index contributed by atoms with van der Waals surface area (Å²) < 4.78 is 6.09. The molecule has 1 aliphatic rings. The third-order valence-electron chi connectivity index (χ3n) is 3.22. The molecule has 1 aromatic rings. The minimum atomic E-state index is -0.965. The second-order valence-electron chi connectivity index (χ2n) is 5.17. The average molecular weight is 330 g/mol. The zero-order valence-electron chi connectivity index (χ0n) is 10.8. The van der Waals surface area contributed by atoms with Crippen LogP contribution in [0.4, 0.5) is 0 Å². The van der Waals surface area contributed by atoms with Crippen molar-refractivity contribution in [3.63, 3.8) is 0 Å². The first-order valence-corrected chi connectivity index (χ1v) is 6.96. The van der Waals surface area contributed by atoms with Crippen LogP contribution in [0.2, 0.25) is 0 Å². The molecule has 1 N–H and O–H groups in total. The second kappa shape index (κ2) is 5.36. The van der Waals surface area contributed by atoms with Crippen LogP contribution in [0.25, 0.3) is 0 Å². The van der Waals surface area contributed by atoms with Crippen LogP contribution < -0.4 is 0 Å². The second-order valence-corrected chi connectivity index (χ2v) is 6.02. The number of hydrogen-bond donors (Lipinski definition) is 1. The highest BCUT2D eigenvalue weighted by Gasteiger charge is 2.46. The lowest BCUT2D eigenvalue weighted by atomic mass is 9.98. The van der Waals surface area contributed by atoms with Gasteiger partial charge in [0.2, 0.25) is 5.91 Å². The zero-order valence-corrected chi connectivity index (χ0v) is 12.4. The van der Waals surface area contributed by atoms with Gasteiger partial charge in [0.25, 0.3) is 0 Å². The Morgan fingerprint density at radius 2 is 2.32 bits per heavy atom. The molecule has 2 unspecified atom stereocenters. The third kappa shape index (κ3) is 2.68. The van der Waals surface area contributed by atoms with Crippen molar-refractivity contribution in [3.8, 4) is 0 Å². The number of carboxylic acid groups (broad SMARTS) is 1. The highest BCUT2D eigenvalue weighted by molar-refractivity contribution is 9.10. The predicted molar refractivity (Wildman–Crippen MR) is 71.4 cm³/mol. The number of hydrogen-bond acceptors (Lipinski definition) is 3. The SMILES string of the molecule is CC(C)CN1C(=O)CC(C(=O)O)C1c1occc1Br. The number of rotatable bonds is 4. The molecule has 0 spiro atoms. The minimum absolute atomic E-state index is 0.0276. The summed E-state index contributed by atoms with van der Waals surface area (Å²) in [5.74, 6) is -1.07. The number of likely N-dealkylation sites (tertiary alicyclic amines) is 1. The van der Waals surface area contributed by atoms with Crippen LogP contribution in [0.1, 0.15) is 32.1 Å². The highest BCUT2D eigenvalue weighted by Crippen LogP contribution is 2.41. The molecule has 2 atom stereocenters. The van der Waals surface area contributed by atoms with Gasteiger partial charge in [0, 0.05) is 13.0 Å². The van der Waals surface area contributed by atoms with E-state index < -0.39 is 17.9 Å². The van der Waals surface area contributed by atoms with Gasteiger partial charge < -0.3 is 14.4 Å². The lowest BCUT2D eigenvalue weighted by molar-refractivity contribution is -0.143. The van der Waals surface area contributed by atoms with Crippen LogP contribution in [-0.2, 0) is 9.59 Å². The monoisotopic (exact) mass is 329 g/mol. The molecular weight excluding hydrogens is 314 g/mol. The first-order chi connectivity index (χ1) is 8.91. The lowest BCUT2D eigenvalue weighted by Gasteiger charge is -2.27. The van der Waals surface area contributed by atoms with Crippen LogP contribution >= 0.6 is 15.9 Å². The Bertz CT molecular complexity index is 497. The fourth-order valence-corrected chi connectivity index (χ4v) is 2.90. The lowest BCUT2D eigenvalue weighted by Crippen LogP contribution is -2.33. The topological polar surface area (TPSA) is 70.8 Å². The summed E-state index contributed by atoms with van der Waals surface area (Å²) in [6.45, 7) is 4.52. The molecule has 2 heterocycles. The molecule has 6 heteroatoms. The minimum Gasteiger partial charge on any atom is -0.481 e. The van der Waals surface area contributed by atoms with Crippen molar-refractivity contribution in [1.82, 2.24) is 4.90 Å². The van der Waals surface area contributed by atoms with E-state index >= 15 is 0 Å². The highest BCUT2D eigenvalue weighted by atomic mass is 79.9. The van der Waals surface area contributed by atoms with E-state index in [4.69, 9.17) is 4.42 Å². The molecule has 0 radical (unpaired) electrons. The number of nitrogens with zero attached hydrogens (tertiary/aromatic N) is 1. The summed E-state index contributed by atoms with van der Waals surface area (Å²) in [5.41, 5.74) is 0. The van der Waals surface area contributed by atoms with E-state index in [9.17, 15) is 14.7 Å². The van der Waals surface area contributed by atoms with Crippen LogP contribution in [0, 0.1) is 11.8 Å². The molecule has 1 amide bonds. The van der Waals surface area contributed by atoms with Gasteiger partial charge in [-0.3, -0.25) is 9.59 Å². The quantitative estimate of drug-likeness (QED) is 0.921. The predicted octanol–water partition coefficient (Wildman–Crippen LogP) is 2.67. The van der Waals surface area contributed by atoms with Crippen molar-refractivity contribution in [1.29, 1.82) is 0 Å². The third-order valence-corrected chi connectivity index (χ3v) is 3.88. The number of amides is 1. The number of aliphatic carboxylic acids is 1. The molecule has 1 aliphatic heterocycles. The van der Waals surface area contributed by atoms with Crippen LogP contribution in [-0.4, -0.2) is 28.4 Å². The molecule has 1 aromatic heterocycles. The van der Waals surface area contributed by atoms with Gasteiger partial charge in [0.1, 0.15) is 11.8 Å². The van der Waals surface area contributed by atoms with Gasteiger partial charge in [0.15, 0.2) is 0 Å². The van der Waals surface area contributed by atoms with Crippen LogP contribution in [0.15, 0.2) is 21.2 Å². The average Bonchev–Trinajstić information content (AvgIpc) is 2.84. The molecule has 0 bridgehead atoms. The van der Waals surface area contributed by atoms with Gasteiger partial charge >= 0.3 is 5.97 Å². The molecule has 2 rings (SSSR count). The maximum absolute atomic E-state index is 12.0. The van der Waals surface area contributed by atoms with E-state index in [0.29, 0.717) is 16.8 Å². The molecule has 5 nitrogen and oxygen atoms in total. The largest absolute Gasteiger partial charge is 0.481 e. The van der Waals surface area contributed by atoms with Crippen molar-refractivity contribution in [2.75, 3.05) is 6.54 Å². The number of furan rings is 1. The van der Waals surface area contributed by atoms with Crippen molar-refractivity contribution < 1.29 is 19.1 Å². The number of carboxylic acids is 1. The Morgan fingerprint density at radius 1 is 1.63 bits per heavy atom. The van der Waals surface area contributed by atoms with Gasteiger partial charge in [-0.1, -0.05) is 13.8 Å². The first kappa shape index (κ1) is 14.1. The summed E-state index contributed by atoms with van der Waals surface area (Å²) in [4.78, 5) is 25.0. The van der Waals surface area contributed by atoms with Gasteiger partial charge in [-0.15, -0.1) is 0 Å². The van der Waals surface area contributed by atoms with Crippen molar-refractivity contribution >= 4 is 27.8 Å². The van der Waals surface area contributed by atoms with E-state index in [1.54, 1.807) is 11.0 Å². The van der Waals surface area contributed by atoms with E-state index in [-0.39, 0.29) is 18.2 Å². The number of halogens is 1. The molecule has 1 saturated heterocycles.